The third-order valence-corrected chi connectivity index (χ3v) is 4.75. The quantitative estimate of drug-likeness (QED) is 0.509. The van der Waals surface area contributed by atoms with Crippen molar-refractivity contribution < 1.29 is 4.92 Å². The van der Waals surface area contributed by atoms with Gasteiger partial charge in [-0.2, -0.15) is 0 Å². The Balaban J connectivity index is 1.77. The second-order valence-corrected chi connectivity index (χ2v) is 6.40. The van der Waals surface area contributed by atoms with E-state index in [-0.39, 0.29) is 5.69 Å². The third kappa shape index (κ3) is 3.29. The highest BCUT2D eigenvalue weighted by Gasteiger charge is 2.08. The molecule has 0 bridgehead atoms. The van der Waals surface area contributed by atoms with Crippen LogP contribution < -0.4 is 0 Å². The number of non-ortho nitro benzene ring substituents is 1. The molecule has 21 heavy (non-hydrogen) atoms. The lowest BCUT2D eigenvalue weighted by Gasteiger charge is -1.97. The Morgan fingerprint density at radius 2 is 1.76 bits per heavy atom. The minimum absolute atomic E-state index is 0.100. The first-order valence-corrected chi connectivity index (χ1v) is 7.85. The first-order chi connectivity index (χ1) is 10.2. The molecule has 0 spiro atoms. The Labute approximate surface area is 129 Å². The van der Waals surface area contributed by atoms with Crippen LogP contribution in [0.25, 0.3) is 11.3 Å². The minimum atomic E-state index is -0.397. The average molecular weight is 314 g/mol. The zero-order chi connectivity index (χ0) is 14.7. The molecule has 0 unspecified atom stereocenters. The highest BCUT2D eigenvalue weighted by molar-refractivity contribution is 8.01. The van der Waals surface area contributed by atoms with Crippen LogP contribution in [-0.4, -0.2) is 9.91 Å². The molecule has 0 aliphatic heterocycles. The van der Waals surface area contributed by atoms with E-state index in [1.54, 1.807) is 23.5 Å². The standard InChI is InChI=1S/C15H10N2O2S2/c18-17(19)12-6-8-13(9-7-12)21-15-16-14(10-20-15)11-4-2-1-3-5-11/h1-10H. The van der Waals surface area contributed by atoms with E-state index in [0.29, 0.717) is 0 Å². The van der Waals surface area contributed by atoms with E-state index in [0.717, 1.165) is 20.5 Å². The maximum Gasteiger partial charge on any atom is 0.269 e. The van der Waals surface area contributed by atoms with Gasteiger partial charge in [-0.15, -0.1) is 11.3 Å². The Bertz CT molecular complexity index is 755. The summed E-state index contributed by atoms with van der Waals surface area (Å²) in [6.45, 7) is 0. The summed E-state index contributed by atoms with van der Waals surface area (Å²) in [7, 11) is 0. The summed E-state index contributed by atoms with van der Waals surface area (Å²) >= 11 is 3.08. The number of nitro benzene ring substituents is 1. The molecule has 3 rings (SSSR count). The van der Waals surface area contributed by atoms with Crippen molar-refractivity contribution in [2.75, 3.05) is 0 Å². The van der Waals surface area contributed by atoms with Gasteiger partial charge < -0.3 is 0 Å². The molecule has 1 heterocycles. The molecule has 0 fully saturated rings. The normalized spacial score (nSPS) is 10.5. The van der Waals surface area contributed by atoms with Crippen LogP contribution in [0, 0.1) is 10.1 Å². The van der Waals surface area contributed by atoms with E-state index < -0.39 is 4.92 Å². The van der Waals surface area contributed by atoms with Crippen molar-refractivity contribution in [3.05, 3.63) is 70.1 Å². The Kier molecular flexibility index (Phi) is 3.98. The van der Waals surface area contributed by atoms with Crippen molar-refractivity contribution in [3.63, 3.8) is 0 Å². The fourth-order valence-electron chi connectivity index (χ4n) is 1.78. The summed E-state index contributed by atoms with van der Waals surface area (Å²) in [5.41, 5.74) is 2.14. The number of aromatic nitrogens is 1. The molecule has 1 aromatic heterocycles. The van der Waals surface area contributed by atoms with E-state index in [1.165, 1.54) is 23.9 Å². The molecule has 0 N–H and O–H groups in total. The Morgan fingerprint density at radius 3 is 2.43 bits per heavy atom. The molecule has 6 heteroatoms. The number of rotatable bonds is 4. The molecule has 2 aromatic carbocycles. The smallest absolute Gasteiger partial charge is 0.258 e. The second kappa shape index (κ2) is 6.07. The van der Waals surface area contributed by atoms with Gasteiger partial charge in [-0.1, -0.05) is 42.1 Å². The van der Waals surface area contributed by atoms with Crippen molar-refractivity contribution in [3.8, 4) is 11.3 Å². The van der Waals surface area contributed by atoms with Crippen molar-refractivity contribution in [2.24, 2.45) is 0 Å². The molecule has 0 amide bonds. The van der Waals surface area contributed by atoms with Crippen molar-refractivity contribution in [1.82, 2.24) is 4.98 Å². The minimum Gasteiger partial charge on any atom is -0.258 e. The van der Waals surface area contributed by atoms with Crippen LogP contribution >= 0.6 is 23.1 Å². The number of thiazole rings is 1. The zero-order valence-corrected chi connectivity index (χ0v) is 12.4. The topological polar surface area (TPSA) is 56.0 Å². The largest absolute Gasteiger partial charge is 0.269 e. The number of nitro groups is 1. The van der Waals surface area contributed by atoms with Gasteiger partial charge in [0, 0.05) is 28.0 Å². The van der Waals surface area contributed by atoms with Crippen LogP contribution in [0.5, 0.6) is 0 Å². The average Bonchev–Trinajstić information content (AvgIpc) is 2.97. The summed E-state index contributed by atoms with van der Waals surface area (Å²) < 4.78 is 0.919. The Hall–Kier alpha value is -2.18. The molecule has 0 saturated heterocycles. The summed E-state index contributed by atoms with van der Waals surface area (Å²) in [5, 5.41) is 12.6. The Morgan fingerprint density at radius 1 is 1.05 bits per heavy atom. The monoisotopic (exact) mass is 314 g/mol. The summed E-state index contributed by atoms with van der Waals surface area (Å²) in [6.07, 6.45) is 0. The summed E-state index contributed by atoms with van der Waals surface area (Å²) in [6, 6.07) is 16.5. The maximum atomic E-state index is 10.6. The van der Waals surface area contributed by atoms with Gasteiger partial charge in [0.25, 0.3) is 5.69 Å². The maximum absolute atomic E-state index is 10.6. The fraction of sp³-hybridized carbons (Fsp3) is 0. The number of hydrogen-bond acceptors (Lipinski definition) is 5. The summed E-state index contributed by atoms with van der Waals surface area (Å²) in [5.74, 6) is 0. The van der Waals surface area contributed by atoms with E-state index in [9.17, 15) is 10.1 Å². The van der Waals surface area contributed by atoms with Crippen molar-refractivity contribution >= 4 is 28.8 Å². The van der Waals surface area contributed by atoms with E-state index in [4.69, 9.17) is 0 Å². The van der Waals surface area contributed by atoms with Crippen LogP contribution in [0.1, 0.15) is 0 Å². The molecule has 0 radical (unpaired) electrons. The van der Waals surface area contributed by atoms with Crippen LogP contribution in [0.2, 0.25) is 0 Å². The molecule has 4 nitrogen and oxygen atoms in total. The fourth-order valence-corrected chi connectivity index (χ4v) is 3.58. The summed E-state index contributed by atoms with van der Waals surface area (Å²) in [4.78, 5) is 15.7. The first kappa shape index (κ1) is 13.8. The van der Waals surface area contributed by atoms with Gasteiger partial charge in [-0.25, -0.2) is 4.98 Å². The molecule has 0 saturated carbocycles. The number of benzene rings is 2. The van der Waals surface area contributed by atoms with Crippen LogP contribution in [0.15, 0.2) is 69.2 Å². The van der Waals surface area contributed by atoms with Gasteiger partial charge in [0.2, 0.25) is 0 Å². The zero-order valence-electron chi connectivity index (χ0n) is 10.8. The molecular formula is C15H10N2O2S2. The van der Waals surface area contributed by atoms with E-state index in [2.05, 4.69) is 4.98 Å². The van der Waals surface area contributed by atoms with Crippen molar-refractivity contribution in [1.29, 1.82) is 0 Å². The molecule has 0 atom stereocenters. The molecule has 104 valence electrons. The van der Waals surface area contributed by atoms with E-state index >= 15 is 0 Å². The SMILES string of the molecule is O=[N+]([O-])c1ccc(Sc2nc(-c3ccccc3)cs2)cc1. The lowest BCUT2D eigenvalue weighted by Crippen LogP contribution is -1.86. The van der Waals surface area contributed by atoms with Gasteiger partial charge in [0.15, 0.2) is 4.34 Å². The van der Waals surface area contributed by atoms with Gasteiger partial charge in [0.1, 0.15) is 0 Å². The highest BCUT2D eigenvalue weighted by atomic mass is 32.2. The highest BCUT2D eigenvalue weighted by Crippen LogP contribution is 2.33. The van der Waals surface area contributed by atoms with Gasteiger partial charge in [-0.3, -0.25) is 10.1 Å². The molecular weight excluding hydrogens is 304 g/mol. The van der Waals surface area contributed by atoms with Gasteiger partial charge >= 0.3 is 0 Å². The lowest BCUT2D eigenvalue weighted by molar-refractivity contribution is -0.384. The predicted octanol–water partition coefficient (Wildman–Crippen LogP) is 4.87. The molecule has 3 aromatic rings. The van der Waals surface area contributed by atoms with Crippen LogP contribution in [0.3, 0.4) is 0 Å². The predicted molar refractivity (Wildman–Crippen MR) is 84.8 cm³/mol. The molecule has 0 aliphatic carbocycles. The van der Waals surface area contributed by atoms with E-state index in [1.807, 2.05) is 35.7 Å². The number of nitrogens with zero attached hydrogens (tertiary/aromatic N) is 2. The van der Waals surface area contributed by atoms with Crippen molar-refractivity contribution in [2.45, 2.75) is 9.24 Å². The van der Waals surface area contributed by atoms with Gasteiger partial charge in [0.05, 0.1) is 10.6 Å². The van der Waals surface area contributed by atoms with Crippen LogP contribution in [-0.2, 0) is 0 Å². The first-order valence-electron chi connectivity index (χ1n) is 6.15. The van der Waals surface area contributed by atoms with Gasteiger partial charge in [-0.05, 0) is 12.1 Å². The molecule has 0 aliphatic rings. The number of hydrogen-bond donors (Lipinski definition) is 0. The lowest BCUT2D eigenvalue weighted by atomic mass is 10.2. The van der Waals surface area contributed by atoms with Crippen LogP contribution in [0.4, 0.5) is 5.69 Å². The second-order valence-electron chi connectivity index (χ2n) is 4.22. The third-order valence-electron chi connectivity index (χ3n) is 2.81.